The third-order valence-corrected chi connectivity index (χ3v) is 2.87. The van der Waals surface area contributed by atoms with Gasteiger partial charge in [-0.1, -0.05) is 23.7 Å². The summed E-state index contributed by atoms with van der Waals surface area (Å²) in [5.41, 5.74) is 0.993. The molecule has 0 heterocycles. The second kappa shape index (κ2) is 6.03. The molecule has 2 rings (SSSR count). The van der Waals surface area contributed by atoms with Crippen LogP contribution in [0.15, 0.2) is 48.5 Å². The maximum absolute atomic E-state index is 12.2. The lowest BCUT2D eigenvalue weighted by atomic mass is 10.0. The molecule has 0 aliphatic heterocycles. The van der Waals surface area contributed by atoms with Gasteiger partial charge in [-0.05, 0) is 36.4 Å². The van der Waals surface area contributed by atoms with Gasteiger partial charge in [-0.15, -0.1) is 0 Å². The van der Waals surface area contributed by atoms with E-state index >= 15 is 0 Å². The van der Waals surface area contributed by atoms with Crippen molar-refractivity contribution in [1.29, 1.82) is 5.26 Å². The van der Waals surface area contributed by atoms with Gasteiger partial charge in [0.2, 0.25) is 0 Å². The number of hydrogen-bond acceptors (Lipinski definition) is 3. The van der Waals surface area contributed by atoms with Crippen LogP contribution in [-0.4, -0.2) is 12.4 Å². The third-order valence-electron chi connectivity index (χ3n) is 2.54. The summed E-state index contributed by atoms with van der Waals surface area (Å²) < 4.78 is 5.12. The Morgan fingerprint density at radius 3 is 2.47 bits per heavy atom. The molecule has 0 atom stereocenters. The Kier molecular flexibility index (Phi) is 4.17. The number of nitrogens with zero attached hydrogens (tertiary/aromatic N) is 1. The summed E-state index contributed by atoms with van der Waals surface area (Å²) in [5, 5.41) is 8.83. The van der Waals surface area contributed by atoms with Crippen LogP contribution in [0.2, 0.25) is 5.02 Å². The fourth-order valence-corrected chi connectivity index (χ4v) is 1.84. The SMILES string of the molecule is N#CCOc1ccc(C(=O)c2ccccc2Cl)cc1. The van der Waals surface area contributed by atoms with Crippen LogP contribution in [0.25, 0.3) is 0 Å². The largest absolute Gasteiger partial charge is 0.479 e. The van der Waals surface area contributed by atoms with E-state index in [9.17, 15) is 4.79 Å². The normalized spacial score (nSPS) is 9.68. The average Bonchev–Trinajstić information content (AvgIpc) is 2.45. The van der Waals surface area contributed by atoms with E-state index in [1.807, 2.05) is 6.07 Å². The summed E-state index contributed by atoms with van der Waals surface area (Å²) in [6.07, 6.45) is 0. The second-order valence-electron chi connectivity index (χ2n) is 3.78. The Bertz CT molecular complexity index is 629. The molecule has 3 nitrogen and oxygen atoms in total. The van der Waals surface area contributed by atoms with Gasteiger partial charge in [0.1, 0.15) is 11.8 Å². The Morgan fingerprint density at radius 1 is 1.16 bits per heavy atom. The van der Waals surface area contributed by atoms with Crippen LogP contribution in [0.4, 0.5) is 0 Å². The standard InChI is InChI=1S/C15H10ClNO2/c16-14-4-2-1-3-13(14)15(18)11-5-7-12(8-6-11)19-10-9-17/h1-8H,10H2. The van der Waals surface area contributed by atoms with E-state index in [-0.39, 0.29) is 12.4 Å². The monoisotopic (exact) mass is 271 g/mol. The molecule has 2 aromatic carbocycles. The van der Waals surface area contributed by atoms with Crippen molar-refractivity contribution in [2.75, 3.05) is 6.61 Å². The first kappa shape index (κ1) is 13.1. The van der Waals surface area contributed by atoms with Crippen LogP contribution >= 0.6 is 11.6 Å². The lowest BCUT2D eigenvalue weighted by Crippen LogP contribution is -2.02. The Labute approximate surface area is 116 Å². The minimum absolute atomic E-state index is 0.0161. The van der Waals surface area contributed by atoms with Crippen molar-refractivity contribution >= 4 is 17.4 Å². The van der Waals surface area contributed by atoms with E-state index in [1.165, 1.54) is 0 Å². The predicted octanol–water partition coefficient (Wildman–Crippen LogP) is 3.47. The molecule has 0 fully saturated rings. The van der Waals surface area contributed by atoms with E-state index in [0.717, 1.165) is 0 Å². The molecule has 2 aromatic rings. The number of hydrogen-bond donors (Lipinski definition) is 0. The van der Waals surface area contributed by atoms with E-state index in [4.69, 9.17) is 21.6 Å². The smallest absolute Gasteiger partial charge is 0.194 e. The number of ether oxygens (including phenoxy) is 1. The molecule has 0 saturated carbocycles. The van der Waals surface area contributed by atoms with Gasteiger partial charge in [-0.3, -0.25) is 4.79 Å². The zero-order chi connectivity index (χ0) is 13.7. The summed E-state index contributed by atoms with van der Waals surface area (Å²) in [5.74, 6) is 0.412. The van der Waals surface area contributed by atoms with Gasteiger partial charge in [0.15, 0.2) is 12.4 Å². The molecule has 4 heteroatoms. The molecular formula is C15H10ClNO2. The van der Waals surface area contributed by atoms with Crippen molar-refractivity contribution < 1.29 is 9.53 Å². The molecule has 0 unspecified atom stereocenters. The lowest BCUT2D eigenvalue weighted by Gasteiger charge is -2.05. The van der Waals surface area contributed by atoms with Crippen LogP contribution in [0, 0.1) is 11.3 Å². The van der Waals surface area contributed by atoms with Crippen molar-refractivity contribution in [2.45, 2.75) is 0 Å². The van der Waals surface area contributed by atoms with Crippen molar-refractivity contribution in [3.8, 4) is 11.8 Å². The van der Waals surface area contributed by atoms with Gasteiger partial charge in [-0.2, -0.15) is 5.26 Å². The minimum Gasteiger partial charge on any atom is -0.479 e. The summed E-state index contributed by atoms with van der Waals surface area (Å²) in [6.45, 7) is -0.0161. The lowest BCUT2D eigenvalue weighted by molar-refractivity contribution is 0.103. The van der Waals surface area contributed by atoms with Gasteiger partial charge < -0.3 is 4.74 Å². The van der Waals surface area contributed by atoms with Crippen LogP contribution in [0.5, 0.6) is 5.75 Å². The molecule has 0 radical (unpaired) electrons. The molecule has 94 valence electrons. The highest BCUT2D eigenvalue weighted by atomic mass is 35.5. The number of carbonyl (C=O) groups excluding carboxylic acids is 1. The van der Waals surface area contributed by atoms with E-state index in [2.05, 4.69) is 0 Å². The van der Waals surface area contributed by atoms with E-state index in [1.54, 1.807) is 48.5 Å². The number of ketones is 1. The topological polar surface area (TPSA) is 50.1 Å². The number of halogens is 1. The quantitative estimate of drug-likeness (QED) is 0.800. The predicted molar refractivity (Wildman–Crippen MR) is 72.4 cm³/mol. The van der Waals surface area contributed by atoms with Crippen LogP contribution < -0.4 is 4.74 Å². The number of rotatable bonds is 4. The first-order valence-corrected chi connectivity index (χ1v) is 5.99. The van der Waals surface area contributed by atoms with E-state index in [0.29, 0.717) is 21.9 Å². The number of carbonyl (C=O) groups is 1. The van der Waals surface area contributed by atoms with Crippen molar-refractivity contribution in [3.05, 3.63) is 64.7 Å². The van der Waals surface area contributed by atoms with Gasteiger partial charge in [-0.25, -0.2) is 0 Å². The fourth-order valence-electron chi connectivity index (χ4n) is 1.62. The number of nitriles is 1. The fraction of sp³-hybridized carbons (Fsp3) is 0.0667. The molecule has 0 aliphatic rings. The van der Waals surface area contributed by atoms with Gasteiger partial charge >= 0.3 is 0 Å². The minimum atomic E-state index is -0.141. The Morgan fingerprint density at radius 2 is 1.84 bits per heavy atom. The number of benzene rings is 2. The summed E-state index contributed by atoms with van der Waals surface area (Å²) in [4.78, 5) is 12.2. The van der Waals surface area contributed by atoms with E-state index < -0.39 is 0 Å². The molecule has 19 heavy (non-hydrogen) atoms. The highest BCUT2D eigenvalue weighted by molar-refractivity contribution is 6.34. The highest BCUT2D eigenvalue weighted by Gasteiger charge is 2.12. The molecule has 0 spiro atoms. The van der Waals surface area contributed by atoms with Crippen molar-refractivity contribution in [3.63, 3.8) is 0 Å². The van der Waals surface area contributed by atoms with Crippen LogP contribution in [0.1, 0.15) is 15.9 Å². The van der Waals surface area contributed by atoms with Crippen molar-refractivity contribution in [1.82, 2.24) is 0 Å². The molecule has 0 aromatic heterocycles. The van der Waals surface area contributed by atoms with Crippen LogP contribution in [0.3, 0.4) is 0 Å². The van der Waals surface area contributed by atoms with Crippen LogP contribution in [-0.2, 0) is 0 Å². The highest BCUT2D eigenvalue weighted by Crippen LogP contribution is 2.20. The summed E-state index contributed by atoms with van der Waals surface area (Å²) in [7, 11) is 0. The zero-order valence-corrected chi connectivity index (χ0v) is 10.7. The first-order valence-electron chi connectivity index (χ1n) is 5.61. The molecule has 0 saturated heterocycles. The maximum atomic E-state index is 12.2. The molecule has 0 aliphatic carbocycles. The van der Waals surface area contributed by atoms with Gasteiger partial charge in [0.25, 0.3) is 0 Å². The average molecular weight is 272 g/mol. The molecular weight excluding hydrogens is 262 g/mol. The Hall–Kier alpha value is -2.31. The molecule has 0 N–H and O–H groups in total. The third kappa shape index (κ3) is 3.12. The summed E-state index contributed by atoms with van der Waals surface area (Å²) in [6, 6.07) is 15.4. The maximum Gasteiger partial charge on any atom is 0.194 e. The molecule has 0 amide bonds. The van der Waals surface area contributed by atoms with Crippen molar-refractivity contribution in [2.24, 2.45) is 0 Å². The molecule has 0 bridgehead atoms. The second-order valence-corrected chi connectivity index (χ2v) is 4.19. The zero-order valence-electron chi connectivity index (χ0n) is 9.97. The Balaban J connectivity index is 2.21. The summed E-state index contributed by atoms with van der Waals surface area (Å²) >= 11 is 5.99. The first-order chi connectivity index (χ1) is 9.22. The van der Waals surface area contributed by atoms with Gasteiger partial charge in [0, 0.05) is 11.1 Å². The van der Waals surface area contributed by atoms with Gasteiger partial charge in [0.05, 0.1) is 5.02 Å².